The van der Waals surface area contributed by atoms with E-state index in [2.05, 4.69) is 5.32 Å². The van der Waals surface area contributed by atoms with Crippen LogP contribution in [0.25, 0.3) is 0 Å². The lowest BCUT2D eigenvalue weighted by atomic mass is 10.1. The molecule has 0 aliphatic rings. The lowest BCUT2D eigenvalue weighted by Gasteiger charge is -2.10. The molecule has 6 heteroatoms. The Labute approximate surface area is 97.4 Å². The van der Waals surface area contributed by atoms with Crippen LogP contribution in [0.5, 0.6) is 0 Å². The molecule has 1 amide bonds. The van der Waals surface area contributed by atoms with E-state index in [9.17, 15) is 13.6 Å². The molecule has 1 unspecified atom stereocenters. The molecular formula is C11H14F2N2O2. The quantitative estimate of drug-likeness (QED) is 0.682. The molecule has 0 saturated carbocycles. The molecule has 0 saturated heterocycles. The Morgan fingerprint density at radius 1 is 1.47 bits per heavy atom. The third-order valence-electron chi connectivity index (χ3n) is 2.18. The number of benzene rings is 1. The Bertz CT molecular complexity index is 385. The molecule has 94 valence electrons. The predicted octanol–water partition coefficient (Wildman–Crippen LogP) is 0.501. The second-order valence-electron chi connectivity index (χ2n) is 3.60. The SMILES string of the molecule is NC(=O)c1cccc(CNCC(O)C(F)F)c1. The predicted molar refractivity (Wildman–Crippen MR) is 58.7 cm³/mol. The number of hydrogen-bond donors (Lipinski definition) is 3. The third kappa shape index (κ3) is 4.46. The van der Waals surface area contributed by atoms with E-state index in [0.717, 1.165) is 5.56 Å². The van der Waals surface area contributed by atoms with E-state index in [1.165, 1.54) is 0 Å². The zero-order chi connectivity index (χ0) is 12.8. The number of aliphatic hydroxyl groups excluding tert-OH is 1. The van der Waals surface area contributed by atoms with Gasteiger partial charge >= 0.3 is 0 Å². The minimum Gasteiger partial charge on any atom is -0.386 e. The molecule has 0 spiro atoms. The number of hydrogen-bond acceptors (Lipinski definition) is 3. The molecular weight excluding hydrogens is 230 g/mol. The number of aliphatic hydroxyl groups is 1. The van der Waals surface area contributed by atoms with Gasteiger partial charge in [0.15, 0.2) is 0 Å². The number of primary amides is 1. The lowest BCUT2D eigenvalue weighted by molar-refractivity contribution is -0.00340. The number of nitrogens with one attached hydrogen (secondary N) is 1. The van der Waals surface area contributed by atoms with E-state index in [-0.39, 0.29) is 13.1 Å². The van der Waals surface area contributed by atoms with Crippen molar-refractivity contribution in [3.05, 3.63) is 35.4 Å². The van der Waals surface area contributed by atoms with Crippen LogP contribution in [-0.2, 0) is 6.54 Å². The summed E-state index contributed by atoms with van der Waals surface area (Å²) < 4.78 is 23.9. The number of nitrogens with two attached hydrogens (primary N) is 1. The van der Waals surface area contributed by atoms with Gasteiger partial charge in [-0.15, -0.1) is 0 Å². The summed E-state index contributed by atoms with van der Waals surface area (Å²) >= 11 is 0. The van der Waals surface area contributed by atoms with Gasteiger partial charge in [0.05, 0.1) is 0 Å². The van der Waals surface area contributed by atoms with Gasteiger partial charge in [0, 0.05) is 18.7 Å². The Balaban J connectivity index is 2.47. The number of rotatable bonds is 6. The van der Waals surface area contributed by atoms with E-state index >= 15 is 0 Å². The molecule has 17 heavy (non-hydrogen) atoms. The minimum atomic E-state index is -2.76. The molecule has 0 heterocycles. The zero-order valence-electron chi connectivity index (χ0n) is 9.07. The number of carbonyl (C=O) groups is 1. The summed E-state index contributed by atoms with van der Waals surface area (Å²) in [6, 6.07) is 6.53. The first kappa shape index (κ1) is 13.5. The molecule has 1 aromatic carbocycles. The summed E-state index contributed by atoms with van der Waals surface area (Å²) in [4.78, 5) is 10.9. The van der Waals surface area contributed by atoms with Gasteiger partial charge in [0.2, 0.25) is 5.91 Å². The van der Waals surface area contributed by atoms with E-state index in [1.54, 1.807) is 24.3 Å². The fraction of sp³-hybridized carbons (Fsp3) is 0.364. The fourth-order valence-electron chi connectivity index (χ4n) is 1.29. The van der Waals surface area contributed by atoms with Gasteiger partial charge in [-0.3, -0.25) is 4.79 Å². The smallest absolute Gasteiger partial charge is 0.265 e. The summed E-state index contributed by atoms with van der Waals surface area (Å²) in [5, 5.41) is 11.5. The molecule has 0 aliphatic carbocycles. The van der Waals surface area contributed by atoms with Crippen molar-refractivity contribution in [1.82, 2.24) is 5.32 Å². The Kier molecular flexibility index (Phi) is 4.99. The van der Waals surface area contributed by atoms with Crippen molar-refractivity contribution < 1.29 is 18.7 Å². The van der Waals surface area contributed by atoms with Crippen LogP contribution < -0.4 is 11.1 Å². The number of alkyl halides is 2. The highest BCUT2D eigenvalue weighted by atomic mass is 19.3. The molecule has 4 N–H and O–H groups in total. The van der Waals surface area contributed by atoms with Crippen molar-refractivity contribution in [2.24, 2.45) is 5.73 Å². The summed E-state index contributed by atoms with van der Waals surface area (Å²) in [7, 11) is 0. The number of carbonyl (C=O) groups excluding carboxylic acids is 1. The first-order valence-corrected chi connectivity index (χ1v) is 5.06. The summed E-state index contributed by atoms with van der Waals surface area (Å²) in [5.41, 5.74) is 6.20. The van der Waals surface area contributed by atoms with E-state index in [1.807, 2.05) is 0 Å². The van der Waals surface area contributed by atoms with Gasteiger partial charge in [-0.05, 0) is 17.7 Å². The van der Waals surface area contributed by atoms with Crippen LogP contribution in [0, 0.1) is 0 Å². The van der Waals surface area contributed by atoms with Crippen LogP contribution >= 0.6 is 0 Å². The molecule has 0 radical (unpaired) electrons. The monoisotopic (exact) mass is 244 g/mol. The Morgan fingerprint density at radius 2 is 2.18 bits per heavy atom. The van der Waals surface area contributed by atoms with Crippen molar-refractivity contribution >= 4 is 5.91 Å². The molecule has 0 fully saturated rings. The normalized spacial score (nSPS) is 12.7. The van der Waals surface area contributed by atoms with Gasteiger partial charge in [-0.25, -0.2) is 8.78 Å². The summed E-state index contributed by atoms with van der Waals surface area (Å²) in [5.74, 6) is -0.542. The van der Waals surface area contributed by atoms with Crippen LogP contribution in [-0.4, -0.2) is 30.1 Å². The molecule has 1 rings (SSSR count). The van der Waals surface area contributed by atoms with Gasteiger partial charge in [-0.1, -0.05) is 12.1 Å². The molecule has 0 aromatic heterocycles. The first-order chi connectivity index (χ1) is 8.00. The molecule has 1 aromatic rings. The van der Waals surface area contributed by atoms with Gasteiger partial charge in [0.25, 0.3) is 6.43 Å². The summed E-state index contributed by atoms with van der Waals surface area (Å²) in [6.07, 6.45) is -4.45. The first-order valence-electron chi connectivity index (χ1n) is 5.06. The van der Waals surface area contributed by atoms with Crippen LogP contribution in [0.4, 0.5) is 8.78 Å². The largest absolute Gasteiger partial charge is 0.386 e. The third-order valence-corrected chi connectivity index (χ3v) is 2.18. The molecule has 0 aliphatic heterocycles. The standard InChI is InChI=1S/C11H14F2N2O2/c12-10(13)9(16)6-15-5-7-2-1-3-8(4-7)11(14)17/h1-4,9-10,15-16H,5-6H2,(H2,14,17). The van der Waals surface area contributed by atoms with Crippen LogP contribution in [0.15, 0.2) is 24.3 Å². The van der Waals surface area contributed by atoms with Crippen LogP contribution in [0.1, 0.15) is 15.9 Å². The van der Waals surface area contributed by atoms with Crippen molar-refractivity contribution in [3.63, 3.8) is 0 Å². The number of amides is 1. The second-order valence-corrected chi connectivity index (χ2v) is 3.60. The maximum Gasteiger partial charge on any atom is 0.265 e. The van der Waals surface area contributed by atoms with Crippen molar-refractivity contribution in [1.29, 1.82) is 0 Å². The Morgan fingerprint density at radius 3 is 2.76 bits per heavy atom. The highest BCUT2D eigenvalue weighted by molar-refractivity contribution is 5.92. The summed E-state index contributed by atoms with van der Waals surface area (Å²) in [6.45, 7) is 0.0728. The minimum absolute atomic E-state index is 0.210. The van der Waals surface area contributed by atoms with E-state index in [0.29, 0.717) is 5.56 Å². The van der Waals surface area contributed by atoms with Crippen molar-refractivity contribution in [2.45, 2.75) is 19.1 Å². The maximum absolute atomic E-state index is 12.0. The molecule has 1 atom stereocenters. The zero-order valence-corrected chi connectivity index (χ0v) is 9.07. The van der Waals surface area contributed by atoms with Gasteiger partial charge in [-0.2, -0.15) is 0 Å². The van der Waals surface area contributed by atoms with Crippen molar-refractivity contribution in [2.75, 3.05) is 6.54 Å². The maximum atomic E-state index is 12.0. The van der Waals surface area contributed by atoms with E-state index < -0.39 is 18.4 Å². The van der Waals surface area contributed by atoms with Crippen molar-refractivity contribution in [3.8, 4) is 0 Å². The average molecular weight is 244 g/mol. The highest BCUT2D eigenvalue weighted by Gasteiger charge is 2.15. The average Bonchev–Trinajstić information content (AvgIpc) is 2.29. The second kappa shape index (κ2) is 6.27. The van der Waals surface area contributed by atoms with Gasteiger partial charge in [0.1, 0.15) is 6.10 Å². The molecule has 4 nitrogen and oxygen atoms in total. The molecule has 0 bridgehead atoms. The fourth-order valence-corrected chi connectivity index (χ4v) is 1.29. The lowest BCUT2D eigenvalue weighted by Crippen LogP contribution is -2.31. The van der Waals surface area contributed by atoms with E-state index in [4.69, 9.17) is 10.8 Å². The van der Waals surface area contributed by atoms with Gasteiger partial charge < -0.3 is 16.2 Å². The Hall–Kier alpha value is -1.53. The highest BCUT2D eigenvalue weighted by Crippen LogP contribution is 2.05. The van der Waals surface area contributed by atoms with Crippen LogP contribution in [0.3, 0.4) is 0 Å². The topological polar surface area (TPSA) is 75.4 Å². The van der Waals surface area contributed by atoms with Crippen LogP contribution in [0.2, 0.25) is 0 Å². The number of halogens is 2.